The smallest absolute Gasteiger partial charge is 0.417 e. The topological polar surface area (TPSA) is 94.8 Å². The molecule has 2 fully saturated rings. The predicted molar refractivity (Wildman–Crippen MR) is 148 cm³/mol. The van der Waals surface area contributed by atoms with Gasteiger partial charge in [0.25, 0.3) is 11.9 Å². The fourth-order valence-corrected chi connectivity index (χ4v) is 5.23. The lowest BCUT2D eigenvalue weighted by atomic mass is 10.1. The van der Waals surface area contributed by atoms with Gasteiger partial charge >= 0.3 is 6.18 Å². The van der Waals surface area contributed by atoms with Gasteiger partial charge in [0.1, 0.15) is 5.82 Å². The summed E-state index contributed by atoms with van der Waals surface area (Å²) in [5.41, 5.74) is -0.345. The number of benzene rings is 1. The number of amides is 2. The van der Waals surface area contributed by atoms with E-state index in [1.54, 1.807) is 23.1 Å². The average molecular weight is 591 g/mol. The van der Waals surface area contributed by atoms with Crippen LogP contribution >= 0.6 is 11.6 Å². The Morgan fingerprint density at radius 2 is 1.68 bits per heavy atom. The molecule has 0 unspecified atom stereocenters. The summed E-state index contributed by atoms with van der Waals surface area (Å²) in [6.45, 7) is 3.38. The number of carbonyl (C=O) groups excluding carboxylic acids is 2. The summed E-state index contributed by atoms with van der Waals surface area (Å²) in [7, 11) is 0. The molecule has 0 spiro atoms. The molecule has 0 bridgehead atoms. The summed E-state index contributed by atoms with van der Waals surface area (Å²) >= 11 is 6.21. The van der Waals surface area contributed by atoms with Gasteiger partial charge in [-0.1, -0.05) is 29.8 Å². The first-order valence-corrected chi connectivity index (χ1v) is 13.9. The number of aromatic nitrogens is 2. The Morgan fingerprint density at radius 1 is 0.927 bits per heavy atom. The van der Waals surface area contributed by atoms with E-state index in [0.717, 1.165) is 31.2 Å². The van der Waals surface area contributed by atoms with Crippen molar-refractivity contribution in [1.29, 1.82) is 0 Å². The van der Waals surface area contributed by atoms with Crippen LogP contribution in [0, 0.1) is 0 Å². The largest absolute Gasteiger partial charge is 0.437 e. The summed E-state index contributed by atoms with van der Waals surface area (Å²) in [6.07, 6.45) is 0.118. The van der Waals surface area contributed by atoms with E-state index in [-0.39, 0.29) is 24.0 Å². The number of halogens is 4. The summed E-state index contributed by atoms with van der Waals surface area (Å²) in [6, 6.07) is 10.3. The third kappa shape index (κ3) is 6.92. The molecule has 3 aromatic rings. The van der Waals surface area contributed by atoms with Crippen molar-refractivity contribution in [3.8, 4) is 0 Å². The second-order valence-electron chi connectivity index (χ2n) is 10.1. The molecule has 41 heavy (non-hydrogen) atoms. The van der Waals surface area contributed by atoms with E-state index < -0.39 is 23.5 Å². The van der Waals surface area contributed by atoms with Crippen molar-refractivity contribution < 1.29 is 27.2 Å². The standard InChI is InChI=1S/C28H30ClF3N6O3/c29-21-8-3-2-7-19(21)17-23(39)37-14-6-13-36(15-16-37)22-10-9-20(18-33-22)34-26(40)24-25(28(30,31)32)35-27(41-24)38-11-4-1-5-12-38/h2-3,7-10,18H,1,4-6,11-17H2,(H,34,40). The molecule has 218 valence electrons. The lowest BCUT2D eigenvalue weighted by Crippen LogP contribution is -2.36. The van der Waals surface area contributed by atoms with Gasteiger partial charge in [0.05, 0.1) is 18.3 Å². The van der Waals surface area contributed by atoms with Gasteiger partial charge in [-0.2, -0.15) is 18.2 Å². The van der Waals surface area contributed by atoms with Gasteiger partial charge in [-0.3, -0.25) is 9.59 Å². The van der Waals surface area contributed by atoms with E-state index in [9.17, 15) is 22.8 Å². The van der Waals surface area contributed by atoms with Crippen molar-refractivity contribution in [2.24, 2.45) is 0 Å². The Bertz CT molecular complexity index is 1380. The van der Waals surface area contributed by atoms with Crippen LogP contribution in [0.15, 0.2) is 47.0 Å². The fraction of sp³-hybridized carbons (Fsp3) is 0.429. The van der Waals surface area contributed by atoms with Crippen LogP contribution in [-0.2, 0) is 17.4 Å². The highest BCUT2D eigenvalue weighted by Gasteiger charge is 2.42. The van der Waals surface area contributed by atoms with Crippen molar-refractivity contribution in [3.63, 3.8) is 0 Å². The van der Waals surface area contributed by atoms with Crippen LogP contribution < -0.4 is 15.1 Å². The molecule has 0 radical (unpaired) electrons. The number of carbonyl (C=O) groups is 2. The monoisotopic (exact) mass is 590 g/mol. The normalized spacial score (nSPS) is 16.4. The number of hydrogen-bond donors (Lipinski definition) is 1. The van der Waals surface area contributed by atoms with Crippen molar-refractivity contribution in [3.05, 3.63) is 64.6 Å². The van der Waals surface area contributed by atoms with Gasteiger partial charge in [0.2, 0.25) is 11.7 Å². The van der Waals surface area contributed by atoms with E-state index >= 15 is 0 Å². The first kappa shape index (κ1) is 28.7. The maximum Gasteiger partial charge on any atom is 0.437 e. The molecule has 4 heterocycles. The lowest BCUT2D eigenvalue weighted by Gasteiger charge is -2.24. The van der Waals surface area contributed by atoms with Crippen LogP contribution in [0.2, 0.25) is 5.02 Å². The van der Waals surface area contributed by atoms with Gasteiger partial charge in [-0.15, -0.1) is 0 Å². The second-order valence-corrected chi connectivity index (χ2v) is 10.5. The maximum absolute atomic E-state index is 13.7. The molecular weight excluding hydrogens is 561 g/mol. The quantitative estimate of drug-likeness (QED) is 0.418. The third-order valence-corrected chi connectivity index (χ3v) is 7.56. The van der Waals surface area contributed by atoms with Crippen molar-refractivity contribution >= 4 is 40.9 Å². The van der Waals surface area contributed by atoms with Crippen LogP contribution in [-0.4, -0.2) is 66.0 Å². The molecule has 0 atom stereocenters. The molecule has 2 aromatic heterocycles. The highest BCUT2D eigenvalue weighted by atomic mass is 35.5. The molecule has 5 rings (SSSR count). The Kier molecular flexibility index (Phi) is 8.67. The molecule has 2 amide bonds. The second kappa shape index (κ2) is 12.4. The fourth-order valence-electron chi connectivity index (χ4n) is 5.02. The van der Waals surface area contributed by atoms with E-state index in [1.165, 1.54) is 6.20 Å². The number of alkyl halides is 3. The van der Waals surface area contributed by atoms with Crippen LogP contribution in [0.4, 0.5) is 30.7 Å². The number of nitrogens with zero attached hydrogens (tertiary/aromatic N) is 5. The van der Waals surface area contributed by atoms with E-state index in [4.69, 9.17) is 16.0 Å². The zero-order chi connectivity index (χ0) is 29.0. The minimum absolute atomic E-state index is 0.0000517. The van der Waals surface area contributed by atoms with Crippen LogP contribution in [0.3, 0.4) is 0 Å². The average Bonchev–Trinajstić information content (AvgIpc) is 3.29. The van der Waals surface area contributed by atoms with Crippen LogP contribution in [0.25, 0.3) is 0 Å². The molecule has 1 N–H and O–H groups in total. The van der Waals surface area contributed by atoms with Crippen molar-refractivity contribution in [2.45, 2.75) is 38.3 Å². The molecule has 9 nitrogen and oxygen atoms in total. The summed E-state index contributed by atoms with van der Waals surface area (Å²) in [5, 5.41) is 3.01. The van der Waals surface area contributed by atoms with E-state index in [1.807, 2.05) is 28.0 Å². The lowest BCUT2D eigenvalue weighted by molar-refractivity contribution is -0.141. The maximum atomic E-state index is 13.7. The number of anilines is 3. The number of hydrogen-bond acceptors (Lipinski definition) is 7. The minimum Gasteiger partial charge on any atom is -0.417 e. The third-order valence-electron chi connectivity index (χ3n) is 7.20. The van der Waals surface area contributed by atoms with Gasteiger partial charge < -0.3 is 24.4 Å². The Balaban J connectivity index is 1.21. The van der Waals surface area contributed by atoms with Crippen molar-refractivity contribution in [2.75, 3.05) is 54.4 Å². The number of pyridine rings is 1. The number of oxazole rings is 1. The van der Waals surface area contributed by atoms with Gasteiger partial charge in [-0.05, 0) is 49.4 Å². The van der Waals surface area contributed by atoms with Crippen molar-refractivity contribution in [1.82, 2.24) is 14.9 Å². The number of nitrogens with one attached hydrogen (secondary N) is 1. The molecule has 2 aliphatic heterocycles. The number of piperidine rings is 1. The number of rotatable bonds is 6. The molecule has 0 saturated carbocycles. The molecule has 0 aliphatic carbocycles. The predicted octanol–water partition coefficient (Wildman–Crippen LogP) is 5.27. The molecule has 1 aromatic carbocycles. The molecule has 13 heteroatoms. The Morgan fingerprint density at radius 3 is 2.39 bits per heavy atom. The zero-order valence-corrected chi connectivity index (χ0v) is 23.0. The SMILES string of the molecule is O=C(Nc1ccc(N2CCCN(C(=O)Cc3ccccc3Cl)CC2)nc1)c1oc(N2CCCCC2)nc1C(F)(F)F. The first-order valence-electron chi connectivity index (χ1n) is 13.6. The van der Waals surface area contributed by atoms with Gasteiger partial charge in [0, 0.05) is 44.3 Å². The van der Waals surface area contributed by atoms with E-state index in [0.29, 0.717) is 50.1 Å². The summed E-state index contributed by atoms with van der Waals surface area (Å²) in [4.78, 5) is 39.2. The molecule has 2 saturated heterocycles. The highest BCUT2D eigenvalue weighted by Crippen LogP contribution is 2.35. The first-order chi connectivity index (χ1) is 19.7. The Labute approximate surface area is 240 Å². The Hall–Kier alpha value is -3.80. The van der Waals surface area contributed by atoms with E-state index in [2.05, 4.69) is 15.3 Å². The van der Waals surface area contributed by atoms with Crippen LogP contribution in [0.1, 0.15) is 47.5 Å². The highest BCUT2D eigenvalue weighted by molar-refractivity contribution is 6.31. The van der Waals surface area contributed by atoms with Crippen LogP contribution in [0.5, 0.6) is 0 Å². The van der Waals surface area contributed by atoms with Gasteiger partial charge in [-0.25, -0.2) is 4.98 Å². The van der Waals surface area contributed by atoms with Gasteiger partial charge in [0.15, 0.2) is 5.69 Å². The molecular formula is C28H30ClF3N6O3. The summed E-state index contributed by atoms with van der Waals surface area (Å²) in [5.74, 6) is -1.30. The zero-order valence-electron chi connectivity index (χ0n) is 22.3. The molecule has 2 aliphatic rings. The minimum atomic E-state index is -4.85. The summed E-state index contributed by atoms with van der Waals surface area (Å²) < 4.78 is 46.3.